The fourth-order valence-electron chi connectivity index (χ4n) is 4.80. The minimum Gasteiger partial charge on any atom is -0.463 e. The van der Waals surface area contributed by atoms with E-state index in [1.807, 2.05) is 20.8 Å². The van der Waals surface area contributed by atoms with Crippen LogP contribution >= 0.6 is 0 Å². The molecule has 0 fully saturated rings. The van der Waals surface area contributed by atoms with Crippen molar-refractivity contribution in [3.05, 3.63) is 0 Å². The molecule has 0 aliphatic carbocycles. The van der Waals surface area contributed by atoms with Crippen molar-refractivity contribution >= 4 is 12.1 Å². The zero-order chi connectivity index (χ0) is 42.5. The van der Waals surface area contributed by atoms with Crippen molar-refractivity contribution < 1.29 is 71.2 Å². The van der Waals surface area contributed by atoms with E-state index in [4.69, 9.17) is 61.6 Å². The molecule has 0 saturated carbocycles. The van der Waals surface area contributed by atoms with E-state index in [0.717, 1.165) is 12.8 Å². The van der Waals surface area contributed by atoms with E-state index in [1.165, 1.54) is 49.8 Å². The zero-order valence-electron chi connectivity index (χ0n) is 37.1. The van der Waals surface area contributed by atoms with E-state index >= 15 is 0 Å². The first kappa shape index (κ1) is 56.3. The van der Waals surface area contributed by atoms with E-state index in [1.54, 1.807) is 7.05 Å². The fraction of sp³-hybridized carbons (Fsp3) is 0.952. The summed E-state index contributed by atoms with van der Waals surface area (Å²) in [7, 11) is 1.68. The van der Waals surface area contributed by atoms with Crippen LogP contribution in [0.15, 0.2) is 0 Å². The van der Waals surface area contributed by atoms with Gasteiger partial charge < -0.3 is 66.5 Å². The normalized spacial score (nSPS) is 11.7. The molecule has 58 heavy (non-hydrogen) atoms. The number of ether oxygens (including phenoxy) is 13. The van der Waals surface area contributed by atoms with Crippen LogP contribution in [0.25, 0.3) is 0 Å². The highest BCUT2D eigenvalue weighted by molar-refractivity contribution is 5.69. The molecule has 16 heteroatoms. The molecule has 0 rings (SSSR count). The third kappa shape index (κ3) is 47.0. The van der Waals surface area contributed by atoms with Gasteiger partial charge in [-0.25, -0.2) is 4.79 Å². The first-order chi connectivity index (χ1) is 28.3. The molecule has 0 bridgehead atoms. The highest BCUT2D eigenvalue weighted by Gasteiger charge is 2.19. The quantitative estimate of drug-likeness (QED) is 0.0559. The van der Waals surface area contributed by atoms with Gasteiger partial charge >= 0.3 is 12.1 Å². The van der Waals surface area contributed by atoms with Gasteiger partial charge in [0.1, 0.15) is 12.2 Å². The number of nitrogens with zero attached hydrogens (tertiary/aromatic N) is 1. The number of esters is 1. The van der Waals surface area contributed by atoms with Crippen LogP contribution in [0.4, 0.5) is 4.79 Å². The molecule has 0 heterocycles. The minimum absolute atomic E-state index is 0.141. The Kier molecular flexibility index (Phi) is 43.5. The Hall–Kier alpha value is -1.70. The molecule has 0 N–H and O–H groups in total. The van der Waals surface area contributed by atoms with Gasteiger partial charge in [0, 0.05) is 20.0 Å². The van der Waals surface area contributed by atoms with Crippen molar-refractivity contribution in [1.29, 1.82) is 0 Å². The number of likely N-dealkylation sites (N-methyl/N-ethyl adjacent to an activating group) is 1. The van der Waals surface area contributed by atoms with E-state index in [-0.39, 0.29) is 18.7 Å². The Balaban J connectivity index is 3.17. The number of unbranched alkanes of at least 4 members (excludes halogenated alkanes) is 8. The molecule has 0 spiro atoms. The molecule has 0 saturated heterocycles. The van der Waals surface area contributed by atoms with Crippen LogP contribution in [0.2, 0.25) is 0 Å². The van der Waals surface area contributed by atoms with Gasteiger partial charge in [0.25, 0.3) is 0 Å². The summed E-state index contributed by atoms with van der Waals surface area (Å²) in [4.78, 5) is 25.2. The summed E-state index contributed by atoms with van der Waals surface area (Å²) in [5.41, 5.74) is -0.514. The Morgan fingerprint density at radius 3 is 0.983 bits per heavy atom. The highest BCUT2D eigenvalue weighted by Crippen LogP contribution is 2.11. The lowest BCUT2D eigenvalue weighted by Gasteiger charge is -2.24. The highest BCUT2D eigenvalue weighted by atomic mass is 16.6. The summed E-state index contributed by atoms with van der Waals surface area (Å²) in [5.74, 6) is -0.141. The summed E-state index contributed by atoms with van der Waals surface area (Å²) in [6.07, 6.45) is 11.2. The molecular formula is C42H83NO15. The smallest absolute Gasteiger partial charge is 0.410 e. The lowest BCUT2D eigenvalue weighted by molar-refractivity contribution is -0.145. The fourth-order valence-corrected chi connectivity index (χ4v) is 4.80. The third-order valence-corrected chi connectivity index (χ3v) is 7.97. The van der Waals surface area contributed by atoms with E-state index in [0.29, 0.717) is 158 Å². The predicted octanol–water partition coefficient (Wildman–Crippen LogP) is 5.50. The van der Waals surface area contributed by atoms with Gasteiger partial charge in [-0.1, -0.05) is 58.3 Å². The maximum Gasteiger partial charge on any atom is 0.410 e. The molecular weight excluding hydrogens is 758 g/mol. The monoisotopic (exact) mass is 842 g/mol. The topological polar surface area (TPSA) is 157 Å². The summed E-state index contributed by atoms with van der Waals surface area (Å²) < 4.78 is 70.9. The molecule has 0 atom stereocenters. The Bertz CT molecular complexity index is 865. The van der Waals surface area contributed by atoms with Crippen LogP contribution in [0, 0.1) is 0 Å². The summed E-state index contributed by atoms with van der Waals surface area (Å²) in [6, 6.07) is 0. The van der Waals surface area contributed by atoms with Crippen LogP contribution in [0.1, 0.15) is 91.9 Å². The number of carbonyl (C=O) groups excluding carboxylic acids is 2. The van der Waals surface area contributed by atoms with Crippen molar-refractivity contribution in [2.75, 3.05) is 166 Å². The van der Waals surface area contributed by atoms with Gasteiger partial charge in [0.15, 0.2) is 0 Å². The lowest BCUT2D eigenvalue weighted by Crippen LogP contribution is -2.36. The molecule has 0 radical (unpaired) electrons. The van der Waals surface area contributed by atoms with Gasteiger partial charge in [-0.2, -0.15) is 0 Å². The Morgan fingerprint density at radius 2 is 0.672 bits per heavy atom. The molecule has 1 amide bonds. The number of hydrogen-bond donors (Lipinski definition) is 0. The third-order valence-electron chi connectivity index (χ3n) is 7.97. The molecule has 346 valence electrons. The number of rotatable bonds is 46. The van der Waals surface area contributed by atoms with Crippen molar-refractivity contribution in [1.82, 2.24) is 4.90 Å². The summed E-state index contributed by atoms with van der Waals surface area (Å²) >= 11 is 0. The lowest BCUT2D eigenvalue weighted by atomic mass is 10.1. The second-order valence-corrected chi connectivity index (χ2v) is 14.4. The number of carbonyl (C=O) groups is 2. The average Bonchev–Trinajstić information content (AvgIpc) is 3.19. The molecule has 0 aromatic carbocycles. The predicted molar refractivity (Wildman–Crippen MR) is 221 cm³/mol. The molecule has 16 nitrogen and oxygen atoms in total. The average molecular weight is 842 g/mol. The van der Waals surface area contributed by atoms with Gasteiger partial charge in [-0.3, -0.25) is 4.79 Å². The first-order valence-corrected chi connectivity index (χ1v) is 21.7. The van der Waals surface area contributed by atoms with Crippen LogP contribution < -0.4 is 0 Å². The molecule has 0 aromatic rings. The van der Waals surface area contributed by atoms with Crippen molar-refractivity contribution in [2.24, 2.45) is 0 Å². The molecule has 0 aliphatic rings. The maximum atomic E-state index is 11.9. The second-order valence-electron chi connectivity index (χ2n) is 14.4. The van der Waals surface area contributed by atoms with Crippen LogP contribution in [0.5, 0.6) is 0 Å². The minimum atomic E-state index is -0.514. The van der Waals surface area contributed by atoms with Gasteiger partial charge in [0.2, 0.25) is 0 Å². The van der Waals surface area contributed by atoms with Crippen molar-refractivity contribution in [3.63, 3.8) is 0 Å². The van der Waals surface area contributed by atoms with Gasteiger partial charge in [0.05, 0.1) is 145 Å². The Morgan fingerprint density at radius 1 is 0.397 bits per heavy atom. The van der Waals surface area contributed by atoms with Gasteiger partial charge in [-0.05, 0) is 27.2 Å². The summed E-state index contributed by atoms with van der Waals surface area (Å²) in [5, 5.41) is 0. The molecule has 0 aliphatic heterocycles. The number of hydrogen-bond acceptors (Lipinski definition) is 15. The Labute approximate surface area is 350 Å². The van der Waals surface area contributed by atoms with E-state index in [2.05, 4.69) is 6.92 Å². The van der Waals surface area contributed by atoms with Crippen LogP contribution in [0.3, 0.4) is 0 Å². The largest absolute Gasteiger partial charge is 0.463 e. The second kappa shape index (κ2) is 44.8. The zero-order valence-corrected chi connectivity index (χ0v) is 37.1. The van der Waals surface area contributed by atoms with E-state index in [9.17, 15) is 9.59 Å². The van der Waals surface area contributed by atoms with Crippen LogP contribution in [-0.2, 0) is 66.4 Å². The van der Waals surface area contributed by atoms with Crippen molar-refractivity contribution in [3.8, 4) is 0 Å². The summed E-state index contributed by atoms with van der Waals surface area (Å²) in [6.45, 7) is 18.8. The van der Waals surface area contributed by atoms with Crippen molar-refractivity contribution in [2.45, 2.75) is 97.5 Å². The van der Waals surface area contributed by atoms with Gasteiger partial charge in [-0.15, -0.1) is 0 Å². The first-order valence-electron chi connectivity index (χ1n) is 21.7. The molecule has 0 aromatic heterocycles. The number of amides is 1. The molecule has 0 unspecified atom stereocenters. The van der Waals surface area contributed by atoms with Crippen LogP contribution in [-0.4, -0.2) is 188 Å². The standard InChI is InChI=1S/C42H83NO15/c1-6-7-8-9-10-11-12-13-14-15-40(44)57-39-38-56-37-36-55-35-34-54-33-32-53-31-30-52-29-28-51-27-26-50-25-24-49-23-22-48-21-20-47-19-18-46-17-16-43(5)41(45)58-42(2,3)4/h6-39H2,1-5H3. The SMILES string of the molecule is CCCCCCCCCCCC(=O)OCCOCCOCCOCCOCCOCCOCCOCCOCCOCCOCCOCCN(C)C(=O)OC(C)(C)C. The maximum absolute atomic E-state index is 11.9. The van der Waals surface area contributed by atoms with E-state index < -0.39 is 5.60 Å².